The zero-order chi connectivity index (χ0) is 24.9. The molecule has 1 unspecified atom stereocenters. The van der Waals surface area contributed by atoms with Crippen LogP contribution in [-0.2, 0) is 16.2 Å². The third kappa shape index (κ3) is 5.15. The Balaban J connectivity index is 1.64. The van der Waals surface area contributed by atoms with Crippen molar-refractivity contribution in [2.24, 2.45) is 0 Å². The Kier molecular flexibility index (Phi) is 6.31. The normalized spacial score (nSPS) is 26.0. The summed E-state index contributed by atoms with van der Waals surface area (Å²) in [4.78, 5) is 11.7. The van der Waals surface area contributed by atoms with Crippen LogP contribution in [0.5, 0.6) is 0 Å². The van der Waals surface area contributed by atoms with Crippen LogP contribution in [0.4, 0.5) is 33.7 Å². The summed E-state index contributed by atoms with van der Waals surface area (Å²) in [5.74, 6) is -3.60. The highest BCUT2D eigenvalue weighted by Crippen LogP contribution is 2.39. The van der Waals surface area contributed by atoms with Gasteiger partial charge in [0, 0.05) is 31.1 Å². The molecule has 3 N–H and O–H groups in total. The number of anilines is 2. The van der Waals surface area contributed by atoms with Crippen molar-refractivity contribution in [3.8, 4) is 0 Å². The number of hydrogen-bond acceptors (Lipinski definition) is 8. The SMILES string of the molecule is CS(=O)(=O)N1CC[C@@H](Nc2ncc3cc(C(F)(F)F)nc(NC4CCCC4(F)F)c3n2)[C@H](O)C1. The van der Waals surface area contributed by atoms with Crippen molar-refractivity contribution in [3.05, 3.63) is 18.0 Å². The van der Waals surface area contributed by atoms with Crippen molar-refractivity contribution in [3.63, 3.8) is 0 Å². The van der Waals surface area contributed by atoms with Gasteiger partial charge in [-0.05, 0) is 25.3 Å². The lowest BCUT2D eigenvalue weighted by Crippen LogP contribution is -2.51. The molecule has 2 aromatic heterocycles. The second kappa shape index (κ2) is 8.68. The Labute approximate surface area is 191 Å². The molecule has 0 aromatic carbocycles. The Hall–Kier alpha value is -2.39. The summed E-state index contributed by atoms with van der Waals surface area (Å²) >= 11 is 0. The average Bonchev–Trinajstić information content (AvgIpc) is 3.06. The van der Waals surface area contributed by atoms with E-state index in [2.05, 4.69) is 25.6 Å². The van der Waals surface area contributed by atoms with E-state index in [9.17, 15) is 35.5 Å². The van der Waals surface area contributed by atoms with E-state index in [0.29, 0.717) is 0 Å². The number of nitrogens with zero attached hydrogens (tertiary/aromatic N) is 4. The fraction of sp³-hybridized carbons (Fsp3) is 0.632. The number of sulfonamides is 1. The highest BCUT2D eigenvalue weighted by Gasteiger charge is 2.44. The first-order valence-corrected chi connectivity index (χ1v) is 12.4. The molecule has 15 heteroatoms. The maximum Gasteiger partial charge on any atom is 0.433 e. The Bertz CT molecular complexity index is 1180. The second-order valence-corrected chi connectivity index (χ2v) is 10.5. The number of alkyl halides is 5. The van der Waals surface area contributed by atoms with Gasteiger partial charge in [-0.3, -0.25) is 0 Å². The van der Waals surface area contributed by atoms with Crippen LogP contribution in [0.25, 0.3) is 10.9 Å². The van der Waals surface area contributed by atoms with Crippen LogP contribution in [0.2, 0.25) is 0 Å². The molecule has 2 aromatic rings. The molecule has 0 bridgehead atoms. The number of rotatable bonds is 5. The standard InChI is InChI=1S/C19H23F5N6O3S/c1-34(32,33)30-6-4-11(12(31)9-30)26-17-25-8-10-7-14(19(22,23)24)28-16(15(10)29-17)27-13-3-2-5-18(13,20)21/h7-8,11-13,31H,2-6,9H2,1H3,(H,27,28)(H,25,26,29)/t11-,12-,13?/m1/s1. The van der Waals surface area contributed by atoms with Crippen LogP contribution < -0.4 is 10.6 Å². The first kappa shape index (κ1) is 24.7. The van der Waals surface area contributed by atoms with Crippen molar-refractivity contribution in [2.75, 3.05) is 30.0 Å². The number of piperidine rings is 1. The van der Waals surface area contributed by atoms with Crippen LogP contribution >= 0.6 is 0 Å². The van der Waals surface area contributed by atoms with Crippen molar-refractivity contribution < 1.29 is 35.5 Å². The van der Waals surface area contributed by atoms with E-state index in [1.54, 1.807) is 0 Å². The number of aliphatic hydroxyl groups is 1. The fourth-order valence-electron chi connectivity index (χ4n) is 4.16. The van der Waals surface area contributed by atoms with Gasteiger partial charge < -0.3 is 15.7 Å². The molecule has 0 amide bonds. The summed E-state index contributed by atoms with van der Waals surface area (Å²) < 4.78 is 92.8. The van der Waals surface area contributed by atoms with Gasteiger partial charge in [-0.25, -0.2) is 32.2 Å². The van der Waals surface area contributed by atoms with E-state index in [1.165, 1.54) is 0 Å². The van der Waals surface area contributed by atoms with Crippen LogP contribution in [-0.4, -0.2) is 76.2 Å². The lowest BCUT2D eigenvalue weighted by molar-refractivity contribution is -0.141. The predicted octanol–water partition coefficient (Wildman–Crippen LogP) is 2.45. The topological polar surface area (TPSA) is 120 Å². The summed E-state index contributed by atoms with van der Waals surface area (Å²) in [5, 5.41) is 15.6. The minimum absolute atomic E-state index is 0.0517. The number of β-amino-alcohol motifs (C(OH)–C–C–N with tert-alkyl or cyclic N) is 1. The molecule has 34 heavy (non-hydrogen) atoms. The minimum atomic E-state index is -4.81. The zero-order valence-electron chi connectivity index (χ0n) is 18.0. The number of fused-ring (bicyclic) bond motifs is 1. The third-order valence-corrected chi connectivity index (χ3v) is 7.28. The highest BCUT2D eigenvalue weighted by atomic mass is 32.2. The largest absolute Gasteiger partial charge is 0.433 e. The molecule has 188 valence electrons. The third-order valence-electron chi connectivity index (χ3n) is 6.01. The van der Waals surface area contributed by atoms with Gasteiger partial charge in [-0.15, -0.1) is 0 Å². The minimum Gasteiger partial charge on any atom is -0.390 e. The molecule has 1 saturated heterocycles. The number of halogens is 5. The molecule has 3 heterocycles. The summed E-state index contributed by atoms with van der Waals surface area (Å²) in [6, 6.07) is -1.29. The highest BCUT2D eigenvalue weighted by molar-refractivity contribution is 7.88. The lowest BCUT2D eigenvalue weighted by atomic mass is 10.0. The Morgan fingerprint density at radius 2 is 1.94 bits per heavy atom. The molecular weight excluding hydrogens is 487 g/mol. The van der Waals surface area contributed by atoms with E-state index in [0.717, 1.165) is 22.8 Å². The molecule has 0 radical (unpaired) electrons. The number of pyridine rings is 1. The van der Waals surface area contributed by atoms with Gasteiger partial charge in [0.05, 0.1) is 24.4 Å². The molecule has 1 saturated carbocycles. The second-order valence-electron chi connectivity index (χ2n) is 8.56. The predicted molar refractivity (Wildman–Crippen MR) is 113 cm³/mol. The quantitative estimate of drug-likeness (QED) is 0.525. The van der Waals surface area contributed by atoms with Crippen LogP contribution in [0.1, 0.15) is 31.4 Å². The van der Waals surface area contributed by atoms with Gasteiger partial charge in [0.2, 0.25) is 16.0 Å². The van der Waals surface area contributed by atoms with Gasteiger partial charge in [-0.2, -0.15) is 17.5 Å². The molecule has 1 aliphatic carbocycles. The molecule has 1 aliphatic heterocycles. The monoisotopic (exact) mass is 510 g/mol. The van der Waals surface area contributed by atoms with E-state index < -0.39 is 51.8 Å². The van der Waals surface area contributed by atoms with E-state index in [-0.39, 0.29) is 55.6 Å². The summed E-state index contributed by atoms with van der Waals surface area (Å²) in [6.07, 6.45) is -3.64. The number of aliphatic hydroxyl groups excluding tert-OH is 1. The van der Waals surface area contributed by atoms with Gasteiger partial charge >= 0.3 is 6.18 Å². The Morgan fingerprint density at radius 1 is 1.21 bits per heavy atom. The maximum absolute atomic E-state index is 14.1. The summed E-state index contributed by atoms with van der Waals surface area (Å²) in [5.41, 5.74) is -1.35. The first-order valence-electron chi connectivity index (χ1n) is 10.5. The van der Waals surface area contributed by atoms with Crippen molar-refractivity contribution >= 4 is 32.7 Å². The van der Waals surface area contributed by atoms with Gasteiger partial charge in [0.25, 0.3) is 5.92 Å². The van der Waals surface area contributed by atoms with Gasteiger partial charge in [0.15, 0.2) is 5.82 Å². The van der Waals surface area contributed by atoms with E-state index in [4.69, 9.17) is 0 Å². The van der Waals surface area contributed by atoms with Crippen molar-refractivity contribution in [2.45, 2.75) is 56.0 Å². The molecular formula is C19H23F5N6O3S. The zero-order valence-corrected chi connectivity index (χ0v) is 18.8. The first-order chi connectivity index (χ1) is 15.7. The fourth-order valence-corrected chi connectivity index (χ4v) is 5.02. The molecule has 2 fully saturated rings. The van der Waals surface area contributed by atoms with E-state index >= 15 is 0 Å². The smallest absolute Gasteiger partial charge is 0.390 e. The molecule has 9 nitrogen and oxygen atoms in total. The van der Waals surface area contributed by atoms with Crippen LogP contribution in [0.3, 0.4) is 0 Å². The van der Waals surface area contributed by atoms with Crippen molar-refractivity contribution in [1.82, 2.24) is 19.3 Å². The summed E-state index contributed by atoms with van der Waals surface area (Å²) in [7, 11) is -3.48. The van der Waals surface area contributed by atoms with Crippen LogP contribution in [0, 0.1) is 0 Å². The molecule has 0 spiro atoms. The summed E-state index contributed by atoms with van der Waals surface area (Å²) in [6.45, 7) is -0.00858. The Morgan fingerprint density at radius 3 is 2.53 bits per heavy atom. The number of hydrogen-bond donors (Lipinski definition) is 3. The van der Waals surface area contributed by atoms with Gasteiger partial charge in [-0.1, -0.05) is 0 Å². The number of nitrogens with one attached hydrogen (secondary N) is 2. The maximum atomic E-state index is 14.1. The molecule has 2 aliphatic rings. The molecule has 4 rings (SSSR count). The van der Waals surface area contributed by atoms with Crippen molar-refractivity contribution in [1.29, 1.82) is 0 Å². The number of aromatic nitrogens is 3. The molecule has 3 atom stereocenters. The van der Waals surface area contributed by atoms with Crippen LogP contribution in [0.15, 0.2) is 12.3 Å². The average molecular weight is 510 g/mol. The van der Waals surface area contributed by atoms with Gasteiger partial charge in [0.1, 0.15) is 11.2 Å². The van der Waals surface area contributed by atoms with E-state index in [1.807, 2.05) is 0 Å². The lowest BCUT2D eigenvalue weighted by Gasteiger charge is -2.34.